The van der Waals surface area contributed by atoms with Crippen molar-refractivity contribution >= 4 is 110 Å². The van der Waals surface area contributed by atoms with Gasteiger partial charge in [0, 0.05) is 85.6 Å². The second kappa shape index (κ2) is 45.7. The Morgan fingerprint density at radius 1 is 0.517 bits per heavy atom. The maximum absolute atomic E-state index is 15.1. The molecule has 2 aliphatic heterocycles. The number of amides is 14. The van der Waals surface area contributed by atoms with Crippen molar-refractivity contribution in [2.45, 2.75) is 236 Å². The van der Waals surface area contributed by atoms with Crippen LogP contribution in [0.25, 0.3) is 21.8 Å². The zero-order valence-electron chi connectivity index (χ0n) is 68.4. The van der Waals surface area contributed by atoms with Gasteiger partial charge in [0.25, 0.3) is 0 Å². The van der Waals surface area contributed by atoms with Crippen LogP contribution in [0, 0.1) is 17.7 Å². The highest BCUT2D eigenvalue weighted by atomic mass is 19.1. The quantitative estimate of drug-likeness (QED) is 0.0233. The molecule has 650 valence electrons. The monoisotopic (exact) mass is 1670 g/mol. The van der Waals surface area contributed by atoms with E-state index in [9.17, 15) is 76.6 Å². The zero-order valence-corrected chi connectivity index (χ0v) is 68.4. The number of unbranched alkanes of at least 4 members (excludes halogenated alkanes) is 2. The number of H-pyrrole nitrogens is 3. The average molecular weight is 1670 g/mol. The molecule has 36 nitrogen and oxygen atoms in total. The number of carboxylic acid groups (broad SMARTS) is 1. The summed E-state index contributed by atoms with van der Waals surface area (Å²) >= 11 is 0. The molecule has 37 heteroatoms. The molecule has 0 aliphatic carbocycles. The highest BCUT2D eigenvalue weighted by Gasteiger charge is 2.43. The lowest BCUT2D eigenvalue weighted by molar-refractivity contribution is -0.144. The number of para-hydroxylation sites is 2. The van der Waals surface area contributed by atoms with E-state index in [0.29, 0.717) is 55.3 Å². The van der Waals surface area contributed by atoms with Gasteiger partial charge in [-0.1, -0.05) is 96.0 Å². The van der Waals surface area contributed by atoms with Gasteiger partial charge in [-0.2, -0.15) is 0 Å². The number of aromatic nitrogens is 4. The number of aromatic amines is 3. The molecule has 0 bridgehead atoms. The van der Waals surface area contributed by atoms with E-state index in [1.165, 1.54) is 34.3 Å². The smallest absolute Gasteiger partial charge is 0.326 e. The number of primary amides is 2. The number of nitrogens with one attached hydrogen (secondary N) is 13. The van der Waals surface area contributed by atoms with E-state index >= 15 is 4.79 Å². The van der Waals surface area contributed by atoms with Crippen molar-refractivity contribution in [1.29, 1.82) is 0 Å². The van der Waals surface area contributed by atoms with Crippen LogP contribution >= 0.6 is 0 Å². The van der Waals surface area contributed by atoms with E-state index < -0.39 is 186 Å². The van der Waals surface area contributed by atoms with Gasteiger partial charge < -0.3 is 106 Å². The van der Waals surface area contributed by atoms with Crippen molar-refractivity contribution in [3.8, 4) is 0 Å². The molecule has 0 saturated carbocycles. The van der Waals surface area contributed by atoms with Crippen molar-refractivity contribution in [2.24, 2.45) is 34.8 Å². The number of rotatable bonds is 48. The molecule has 0 spiro atoms. The Balaban J connectivity index is 0.926. The predicted molar refractivity (Wildman–Crippen MR) is 440 cm³/mol. The van der Waals surface area contributed by atoms with Gasteiger partial charge in [0.05, 0.1) is 24.6 Å². The summed E-state index contributed by atoms with van der Waals surface area (Å²) in [5, 5.41) is 38.4. The van der Waals surface area contributed by atoms with Crippen LogP contribution in [0.2, 0.25) is 0 Å². The summed E-state index contributed by atoms with van der Waals surface area (Å²) in [5.74, 6) is -14.0. The Hall–Kier alpha value is -12.2. The lowest BCUT2D eigenvalue weighted by Gasteiger charge is -2.31. The van der Waals surface area contributed by atoms with Crippen LogP contribution in [0.3, 0.4) is 0 Å². The molecule has 22 N–H and O–H groups in total. The Bertz CT molecular complexity index is 4570. The van der Waals surface area contributed by atoms with E-state index in [2.05, 4.69) is 73.1 Å². The highest BCUT2D eigenvalue weighted by molar-refractivity contribution is 6.01. The molecule has 6 aromatic rings. The zero-order chi connectivity index (χ0) is 87.3. The van der Waals surface area contributed by atoms with Gasteiger partial charge >= 0.3 is 5.97 Å². The molecule has 8 rings (SSSR count). The molecule has 2 fully saturated rings. The molecule has 2 aliphatic rings. The first-order valence-electron chi connectivity index (χ1n) is 41.0. The number of likely N-dealkylation sites (tertiary alicyclic amines) is 2. The normalized spacial score (nSPS) is 16.4. The van der Waals surface area contributed by atoms with Crippen LogP contribution in [-0.4, -0.2) is 222 Å². The first-order chi connectivity index (χ1) is 57.3. The van der Waals surface area contributed by atoms with Gasteiger partial charge in [-0.25, -0.2) is 14.2 Å². The number of aliphatic carboxylic acids is 1. The minimum Gasteiger partial charge on any atom is -0.480 e. The summed E-state index contributed by atoms with van der Waals surface area (Å²) < 4.78 is 14.0. The minimum absolute atomic E-state index is 0.00941. The van der Waals surface area contributed by atoms with Gasteiger partial charge in [0.1, 0.15) is 72.3 Å². The number of imidazole rings is 1. The Morgan fingerprint density at radius 3 is 1.52 bits per heavy atom. The molecule has 120 heavy (non-hydrogen) atoms. The first-order valence-corrected chi connectivity index (χ1v) is 41.0. The molecule has 14 amide bonds. The van der Waals surface area contributed by atoms with Crippen LogP contribution in [0.4, 0.5) is 4.39 Å². The molecule has 3 aromatic heterocycles. The number of carbonyl (C=O) groups excluding carboxylic acids is 14. The number of hydrogen-bond donors (Lipinski definition) is 18. The van der Waals surface area contributed by atoms with E-state index in [-0.39, 0.29) is 109 Å². The number of carboxylic acids is 1. The fourth-order valence-corrected chi connectivity index (χ4v) is 14.9. The van der Waals surface area contributed by atoms with Gasteiger partial charge in [-0.05, 0) is 143 Å². The fourth-order valence-electron chi connectivity index (χ4n) is 14.9. The van der Waals surface area contributed by atoms with E-state index in [1.54, 1.807) is 52.4 Å². The number of halogens is 1. The standard InChI is InChI=1S/C83H115FN20O16/c1-6-7-21-58(73(109)102-66(83(119)120)37-48-17-14-18-51(84)36-48)96-80(116)68-26-16-33-104(68)82(118)61(28-30-70(88)106)94-71(107)44-92-79(115)67-25-15-32-103(67)81(117)60(24-12-13-31-85)97-76(112)63(35-47(4)5)99-74(110)59(27-29-69(87)105)95-75(111)62(34-46(2)3)100-77(113)64(39-50-42-91-57-23-11-9-20-54(50)57)101-78(114)65(40-52-43-89-45-93-52)98-72(108)55(86)38-49-41-90-56-22-10-8-19-53(49)56/h8-11,14,17-20,22-23,36,41-43,45-47,55,58-68,90-91H,6-7,12-13,15-16,21,24-35,37-40,44,85-86H2,1-5H3,(H2,87,105)(H2,88,106)(H,89,93)(H,92,115)(H,94,107)(H,95,111)(H,96,116)(H,97,112)(H,98,108)(H,99,110)(H,100,113)(H,101,114)(H,102,109)(H,119,120)/t55-,58-,59-,60-,61-,62-,63-,64-,65-,66-,67-,68-/m0/s1. The number of hydrogen-bond acceptors (Lipinski definition) is 18. The maximum Gasteiger partial charge on any atom is 0.326 e. The molecular formula is C83H115FN20O16. The van der Waals surface area contributed by atoms with Crippen molar-refractivity contribution in [2.75, 3.05) is 26.2 Å². The largest absolute Gasteiger partial charge is 0.480 e. The molecule has 3 aromatic carbocycles. The van der Waals surface area contributed by atoms with E-state index in [0.717, 1.165) is 33.4 Å². The SMILES string of the molecule is CCCC[C@H](NC(=O)[C@@H]1CCCN1C(=O)[C@H](CCC(N)=O)NC(=O)CNC(=O)[C@@H]1CCCN1C(=O)[C@H](CCCCN)NC(=O)[C@H](CC(C)C)NC(=O)[C@H](CCC(N)=O)NC(=O)[C@H](CC(C)C)NC(=O)[C@H](Cc1c[nH]c2ccccc12)NC(=O)[C@H](Cc1c[nH]cn1)NC(=O)[C@@H](N)Cc1c[nH]c2ccccc12)C(=O)N[C@@H](Cc1cccc(F)c1)C(=O)O. The Morgan fingerprint density at radius 2 is 0.992 bits per heavy atom. The second-order valence-electron chi connectivity index (χ2n) is 31.6. The number of fused-ring (bicyclic) bond motifs is 2. The lowest BCUT2D eigenvalue weighted by atomic mass is 9.99. The molecule has 2 saturated heterocycles. The third kappa shape index (κ3) is 27.7. The molecular weight excluding hydrogens is 1550 g/mol. The summed E-state index contributed by atoms with van der Waals surface area (Å²) in [6, 6.07) is 3.78. The van der Waals surface area contributed by atoms with Crippen molar-refractivity contribution in [3.05, 3.63) is 126 Å². The topological polar surface area (TPSA) is 567 Å². The predicted octanol–water partition coefficient (Wildman–Crippen LogP) is 0.598. The molecule has 0 radical (unpaired) electrons. The van der Waals surface area contributed by atoms with Crippen LogP contribution in [0.15, 0.2) is 97.7 Å². The minimum atomic E-state index is -1.58. The second-order valence-corrected chi connectivity index (χ2v) is 31.6. The number of nitrogens with two attached hydrogens (primary N) is 4. The lowest BCUT2D eigenvalue weighted by Crippen LogP contribution is -2.61. The van der Waals surface area contributed by atoms with Crippen molar-refractivity contribution in [1.82, 2.24) is 82.9 Å². The first kappa shape index (κ1) is 93.3. The summed E-state index contributed by atoms with van der Waals surface area (Å²) in [5.41, 5.74) is 27.2. The summed E-state index contributed by atoms with van der Waals surface area (Å²) in [6.45, 7) is 8.46. The number of carbonyl (C=O) groups is 15. The molecule has 5 heterocycles. The number of benzene rings is 3. The number of nitrogens with zero attached hydrogens (tertiary/aromatic N) is 3. The molecule has 0 unspecified atom stereocenters. The van der Waals surface area contributed by atoms with Gasteiger partial charge in [-0.3, -0.25) is 67.1 Å². The van der Waals surface area contributed by atoms with Gasteiger partial charge in [0.2, 0.25) is 82.7 Å². The van der Waals surface area contributed by atoms with Crippen LogP contribution in [0.1, 0.15) is 160 Å². The van der Waals surface area contributed by atoms with E-state index in [4.69, 9.17) is 22.9 Å². The third-order valence-corrected chi connectivity index (χ3v) is 21.2. The van der Waals surface area contributed by atoms with Gasteiger partial charge in [-0.15, -0.1) is 0 Å². The summed E-state index contributed by atoms with van der Waals surface area (Å²) in [6.07, 6.45) is 7.04. The molecule has 12 atom stereocenters. The van der Waals surface area contributed by atoms with Crippen molar-refractivity contribution in [3.63, 3.8) is 0 Å². The highest BCUT2D eigenvalue weighted by Crippen LogP contribution is 2.26. The van der Waals surface area contributed by atoms with Crippen LogP contribution < -0.4 is 76.1 Å². The third-order valence-electron chi connectivity index (χ3n) is 21.2. The van der Waals surface area contributed by atoms with Crippen LogP contribution in [0.5, 0.6) is 0 Å². The summed E-state index contributed by atoms with van der Waals surface area (Å²) in [4.78, 5) is 226. The Kier molecular flexibility index (Phi) is 35.6. The maximum atomic E-state index is 15.1. The average Bonchev–Trinajstić information content (AvgIpc) is 1.67. The summed E-state index contributed by atoms with van der Waals surface area (Å²) in [7, 11) is 0. The Labute approximate surface area is 694 Å². The van der Waals surface area contributed by atoms with Gasteiger partial charge in [0.15, 0.2) is 0 Å². The van der Waals surface area contributed by atoms with Crippen molar-refractivity contribution < 1.29 is 81.4 Å². The van der Waals surface area contributed by atoms with Crippen LogP contribution in [-0.2, 0) is 97.6 Å². The fraction of sp³-hybridized carbons (Fsp3) is 0.518. The van der Waals surface area contributed by atoms with E-state index in [1.807, 2.05) is 49.4 Å².